The van der Waals surface area contributed by atoms with Crippen LogP contribution in [-0.4, -0.2) is 21.0 Å². The maximum Gasteiger partial charge on any atom is 0.337 e. The predicted octanol–water partition coefficient (Wildman–Crippen LogP) is 2.27. The van der Waals surface area contributed by atoms with Crippen LogP contribution in [0.25, 0.3) is 0 Å². The summed E-state index contributed by atoms with van der Waals surface area (Å²) >= 11 is 0. The van der Waals surface area contributed by atoms with Gasteiger partial charge in [-0.1, -0.05) is 12.1 Å². The number of aromatic carboxylic acids is 1. The Morgan fingerprint density at radius 1 is 1.30 bits per heavy atom. The van der Waals surface area contributed by atoms with Gasteiger partial charge in [0, 0.05) is 12.3 Å². The Hall–Kier alpha value is -2.96. The first-order valence-electron chi connectivity index (χ1n) is 5.62. The van der Waals surface area contributed by atoms with E-state index in [4.69, 9.17) is 9.84 Å². The second-order valence-corrected chi connectivity index (χ2v) is 3.86. The monoisotopic (exact) mass is 274 g/mol. The molecule has 0 atom stereocenters. The number of carbonyl (C=O) groups is 1. The number of carboxylic acid groups (broad SMARTS) is 1. The molecule has 0 aliphatic carbocycles. The summed E-state index contributed by atoms with van der Waals surface area (Å²) in [6, 6.07) is 8.90. The van der Waals surface area contributed by atoms with Gasteiger partial charge in [0.2, 0.25) is 0 Å². The molecular formula is C13H10N2O5. The molecule has 1 N–H and O–H groups in total. The highest BCUT2D eigenvalue weighted by atomic mass is 16.6. The Balaban J connectivity index is 2.09. The molecule has 0 aliphatic rings. The van der Waals surface area contributed by atoms with Crippen molar-refractivity contribution in [2.24, 2.45) is 0 Å². The van der Waals surface area contributed by atoms with Crippen LogP contribution in [0.1, 0.15) is 16.1 Å². The number of nitro groups is 1. The molecule has 0 radical (unpaired) electrons. The van der Waals surface area contributed by atoms with Gasteiger partial charge in [-0.25, -0.2) is 4.79 Å². The highest BCUT2D eigenvalue weighted by molar-refractivity contribution is 5.87. The first-order valence-corrected chi connectivity index (χ1v) is 5.62. The molecule has 0 saturated carbocycles. The molecule has 1 aromatic heterocycles. The minimum atomic E-state index is -1.07. The molecule has 0 amide bonds. The maximum absolute atomic E-state index is 10.8. The van der Waals surface area contributed by atoms with E-state index in [1.807, 2.05) is 0 Å². The highest BCUT2D eigenvalue weighted by Gasteiger charge is 2.13. The number of pyridine rings is 1. The van der Waals surface area contributed by atoms with E-state index in [0.29, 0.717) is 5.69 Å². The van der Waals surface area contributed by atoms with Crippen molar-refractivity contribution in [3.05, 3.63) is 64.0 Å². The molecule has 2 rings (SSSR count). The van der Waals surface area contributed by atoms with Crippen LogP contribution in [0.2, 0.25) is 0 Å². The van der Waals surface area contributed by atoms with Crippen LogP contribution < -0.4 is 4.74 Å². The molecular weight excluding hydrogens is 264 g/mol. The fourth-order valence-electron chi connectivity index (χ4n) is 1.52. The van der Waals surface area contributed by atoms with E-state index >= 15 is 0 Å². The van der Waals surface area contributed by atoms with Crippen LogP contribution in [0.15, 0.2) is 42.6 Å². The van der Waals surface area contributed by atoms with Crippen LogP contribution in [0, 0.1) is 10.1 Å². The third-order valence-corrected chi connectivity index (χ3v) is 2.51. The number of hydrogen-bond donors (Lipinski definition) is 1. The van der Waals surface area contributed by atoms with Gasteiger partial charge in [-0.3, -0.25) is 15.1 Å². The van der Waals surface area contributed by atoms with Crippen molar-refractivity contribution >= 4 is 11.7 Å². The summed E-state index contributed by atoms with van der Waals surface area (Å²) in [6.45, 7) is 0.0186. The molecule has 2 aromatic rings. The Morgan fingerprint density at radius 2 is 2.05 bits per heavy atom. The number of nitro benzene ring substituents is 1. The molecule has 0 fully saturated rings. The largest absolute Gasteiger partial charge is 0.480 e. The lowest BCUT2D eigenvalue weighted by Gasteiger charge is -2.06. The van der Waals surface area contributed by atoms with E-state index in [1.165, 1.54) is 30.5 Å². The molecule has 102 valence electrons. The first kappa shape index (κ1) is 13.5. The van der Waals surface area contributed by atoms with Crippen molar-refractivity contribution in [1.29, 1.82) is 0 Å². The highest BCUT2D eigenvalue weighted by Crippen LogP contribution is 2.26. The Labute approximate surface area is 113 Å². The van der Waals surface area contributed by atoms with Gasteiger partial charge in [-0.2, -0.15) is 0 Å². The number of rotatable bonds is 5. The summed E-state index contributed by atoms with van der Waals surface area (Å²) in [5, 5.41) is 19.5. The molecule has 0 aliphatic heterocycles. The zero-order valence-electron chi connectivity index (χ0n) is 10.2. The zero-order valence-corrected chi connectivity index (χ0v) is 10.2. The van der Waals surface area contributed by atoms with Crippen LogP contribution in [0.4, 0.5) is 5.69 Å². The lowest BCUT2D eigenvalue weighted by molar-refractivity contribution is -0.385. The van der Waals surface area contributed by atoms with E-state index in [2.05, 4.69) is 4.98 Å². The number of para-hydroxylation sites is 2. The van der Waals surface area contributed by atoms with Gasteiger partial charge in [0.15, 0.2) is 5.75 Å². The van der Waals surface area contributed by atoms with Gasteiger partial charge in [0.05, 0.1) is 16.2 Å². The van der Waals surface area contributed by atoms with Gasteiger partial charge in [-0.15, -0.1) is 0 Å². The van der Waals surface area contributed by atoms with E-state index in [-0.39, 0.29) is 23.6 Å². The normalized spacial score (nSPS) is 10.0. The Morgan fingerprint density at radius 3 is 2.65 bits per heavy atom. The van der Waals surface area contributed by atoms with Crippen LogP contribution in [0.3, 0.4) is 0 Å². The lowest BCUT2D eigenvalue weighted by atomic mass is 10.2. The lowest BCUT2D eigenvalue weighted by Crippen LogP contribution is -2.03. The number of ether oxygens (including phenoxy) is 1. The SMILES string of the molecule is O=C(O)c1ccc(COc2ccccc2[N+](=O)[O-])nc1. The van der Waals surface area contributed by atoms with Crippen molar-refractivity contribution in [1.82, 2.24) is 4.98 Å². The number of carboxylic acids is 1. The second-order valence-electron chi connectivity index (χ2n) is 3.86. The minimum Gasteiger partial charge on any atom is -0.480 e. The van der Waals surface area contributed by atoms with Crippen molar-refractivity contribution in [2.45, 2.75) is 6.61 Å². The summed E-state index contributed by atoms with van der Waals surface area (Å²) in [6.07, 6.45) is 1.21. The fraction of sp³-hybridized carbons (Fsp3) is 0.0769. The quantitative estimate of drug-likeness (QED) is 0.662. The molecule has 0 spiro atoms. The topological polar surface area (TPSA) is 103 Å². The number of nitrogens with zero attached hydrogens (tertiary/aromatic N) is 2. The van der Waals surface area contributed by atoms with E-state index in [1.54, 1.807) is 12.1 Å². The third-order valence-electron chi connectivity index (χ3n) is 2.51. The number of hydrogen-bond acceptors (Lipinski definition) is 5. The van der Waals surface area contributed by atoms with Crippen LogP contribution >= 0.6 is 0 Å². The van der Waals surface area contributed by atoms with Crippen molar-refractivity contribution in [2.75, 3.05) is 0 Å². The molecule has 20 heavy (non-hydrogen) atoms. The summed E-state index contributed by atoms with van der Waals surface area (Å²) in [5.74, 6) is -0.926. The smallest absolute Gasteiger partial charge is 0.337 e. The van der Waals surface area contributed by atoms with Crippen molar-refractivity contribution in [3.8, 4) is 5.75 Å². The van der Waals surface area contributed by atoms with Gasteiger partial charge >= 0.3 is 11.7 Å². The van der Waals surface area contributed by atoms with E-state index in [9.17, 15) is 14.9 Å². The summed E-state index contributed by atoms with van der Waals surface area (Å²) in [5.41, 5.74) is 0.419. The van der Waals surface area contributed by atoms with Gasteiger partial charge in [0.25, 0.3) is 0 Å². The first-order chi connectivity index (χ1) is 9.58. The third kappa shape index (κ3) is 3.08. The Kier molecular flexibility index (Phi) is 3.90. The van der Waals surface area contributed by atoms with E-state index < -0.39 is 10.9 Å². The van der Waals surface area contributed by atoms with Crippen LogP contribution in [0.5, 0.6) is 5.75 Å². The van der Waals surface area contributed by atoms with E-state index in [0.717, 1.165) is 0 Å². The minimum absolute atomic E-state index is 0.0186. The summed E-state index contributed by atoms with van der Waals surface area (Å²) in [4.78, 5) is 24.8. The molecule has 1 aromatic carbocycles. The zero-order chi connectivity index (χ0) is 14.5. The van der Waals surface area contributed by atoms with Gasteiger partial charge in [-0.05, 0) is 18.2 Å². The molecule has 7 nitrogen and oxygen atoms in total. The molecule has 7 heteroatoms. The fourth-order valence-corrected chi connectivity index (χ4v) is 1.52. The predicted molar refractivity (Wildman–Crippen MR) is 68.6 cm³/mol. The number of benzene rings is 1. The average Bonchev–Trinajstić information content (AvgIpc) is 2.45. The maximum atomic E-state index is 10.8. The van der Waals surface area contributed by atoms with Crippen LogP contribution in [-0.2, 0) is 6.61 Å². The average molecular weight is 274 g/mol. The molecule has 1 heterocycles. The van der Waals surface area contributed by atoms with Crippen molar-refractivity contribution < 1.29 is 19.6 Å². The Bertz CT molecular complexity index is 639. The van der Waals surface area contributed by atoms with Gasteiger partial charge in [0.1, 0.15) is 6.61 Å². The molecule has 0 unspecified atom stereocenters. The second kappa shape index (κ2) is 5.79. The summed E-state index contributed by atoms with van der Waals surface area (Å²) < 4.78 is 5.33. The summed E-state index contributed by atoms with van der Waals surface area (Å²) in [7, 11) is 0. The molecule has 0 bridgehead atoms. The van der Waals surface area contributed by atoms with Gasteiger partial charge < -0.3 is 9.84 Å². The number of aromatic nitrogens is 1. The van der Waals surface area contributed by atoms with Crippen molar-refractivity contribution in [3.63, 3.8) is 0 Å². The standard InChI is InChI=1S/C13H10N2O5/c16-13(17)9-5-6-10(14-7-9)8-20-12-4-2-1-3-11(12)15(18)19/h1-7H,8H2,(H,16,17). The molecule has 0 saturated heterocycles.